The van der Waals surface area contributed by atoms with Gasteiger partial charge in [0.15, 0.2) is 0 Å². The highest BCUT2D eigenvalue weighted by atomic mass is 16.5. The molecule has 0 aromatic rings. The largest absolute Gasteiger partial charge is 0.393 e. The Labute approximate surface area is 69.6 Å². The van der Waals surface area contributed by atoms with Gasteiger partial charge in [0, 0.05) is 13.2 Å². The van der Waals surface area contributed by atoms with E-state index in [0.717, 1.165) is 32.5 Å². The van der Waals surface area contributed by atoms with Gasteiger partial charge in [0.2, 0.25) is 0 Å². The molecule has 0 radical (unpaired) electrons. The molecular formula is C9H20O2. The van der Waals surface area contributed by atoms with Crippen LogP contribution in [0, 0.1) is 0 Å². The summed E-state index contributed by atoms with van der Waals surface area (Å²) in [4.78, 5) is 0. The predicted octanol–water partition coefficient (Wildman–Crippen LogP) is 1.96. The van der Waals surface area contributed by atoms with Crippen LogP contribution in [0.15, 0.2) is 0 Å². The average molecular weight is 160 g/mol. The summed E-state index contributed by atoms with van der Waals surface area (Å²) in [5, 5.41) is 8.92. The van der Waals surface area contributed by atoms with Gasteiger partial charge in [-0.1, -0.05) is 12.8 Å². The standard InChI is InChI=1S/C9H20O2/c1-3-11-8-6-4-5-7-9(2)10/h9-10H,3-8H2,1-2H3/t9-/m1/s1. The van der Waals surface area contributed by atoms with Crippen molar-refractivity contribution in [3.63, 3.8) is 0 Å². The lowest BCUT2D eigenvalue weighted by Crippen LogP contribution is -1.99. The summed E-state index contributed by atoms with van der Waals surface area (Å²) in [6.07, 6.45) is 4.20. The van der Waals surface area contributed by atoms with Gasteiger partial charge in [-0.05, 0) is 26.7 Å². The molecule has 1 N–H and O–H groups in total. The Morgan fingerprint density at radius 1 is 1.27 bits per heavy atom. The van der Waals surface area contributed by atoms with Crippen molar-refractivity contribution in [3.8, 4) is 0 Å². The lowest BCUT2D eigenvalue weighted by atomic mass is 10.1. The summed E-state index contributed by atoms with van der Waals surface area (Å²) in [5.74, 6) is 0. The van der Waals surface area contributed by atoms with E-state index >= 15 is 0 Å². The van der Waals surface area contributed by atoms with Crippen molar-refractivity contribution in [3.05, 3.63) is 0 Å². The van der Waals surface area contributed by atoms with Crippen LogP contribution in [0.4, 0.5) is 0 Å². The van der Waals surface area contributed by atoms with Gasteiger partial charge in [-0.3, -0.25) is 0 Å². The molecule has 0 rings (SSSR count). The molecule has 0 aliphatic carbocycles. The highest BCUT2D eigenvalue weighted by Crippen LogP contribution is 2.02. The van der Waals surface area contributed by atoms with Gasteiger partial charge in [-0.25, -0.2) is 0 Å². The SMILES string of the molecule is CCOCCCCC[C@@H](C)O. The molecule has 11 heavy (non-hydrogen) atoms. The van der Waals surface area contributed by atoms with Crippen LogP contribution in [0.3, 0.4) is 0 Å². The van der Waals surface area contributed by atoms with E-state index in [4.69, 9.17) is 9.84 Å². The van der Waals surface area contributed by atoms with Crippen molar-refractivity contribution >= 4 is 0 Å². The fourth-order valence-electron chi connectivity index (χ4n) is 0.965. The van der Waals surface area contributed by atoms with Gasteiger partial charge in [0.1, 0.15) is 0 Å². The van der Waals surface area contributed by atoms with Crippen LogP contribution < -0.4 is 0 Å². The fraction of sp³-hybridized carbons (Fsp3) is 1.00. The molecule has 0 amide bonds. The molecule has 0 aliphatic rings. The number of unbranched alkanes of at least 4 members (excludes halogenated alkanes) is 2. The quantitative estimate of drug-likeness (QED) is 0.577. The maximum absolute atomic E-state index is 8.92. The summed E-state index contributed by atoms with van der Waals surface area (Å²) in [6, 6.07) is 0. The number of hydrogen-bond donors (Lipinski definition) is 1. The molecule has 68 valence electrons. The molecule has 0 aromatic heterocycles. The first-order valence-electron chi connectivity index (χ1n) is 4.53. The number of aliphatic hydroxyl groups is 1. The minimum atomic E-state index is -0.137. The van der Waals surface area contributed by atoms with E-state index in [9.17, 15) is 0 Å². The highest BCUT2D eigenvalue weighted by Gasteiger charge is 1.94. The van der Waals surface area contributed by atoms with E-state index in [1.807, 2.05) is 13.8 Å². The third kappa shape index (κ3) is 9.92. The normalized spacial score (nSPS) is 13.4. The van der Waals surface area contributed by atoms with Gasteiger partial charge in [0.25, 0.3) is 0 Å². The molecule has 0 saturated heterocycles. The number of hydrogen-bond acceptors (Lipinski definition) is 2. The van der Waals surface area contributed by atoms with E-state index < -0.39 is 0 Å². The highest BCUT2D eigenvalue weighted by molar-refractivity contribution is 4.47. The van der Waals surface area contributed by atoms with Crippen molar-refractivity contribution in [2.45, 2.75) is 45.6 Å². The van der Waals surface area contributed by atoms with Gasteiger partial charge in [-0.2, -0.15) is 0 Å². The molecule has 0 unspecified atom stereocenters. The van der Waals surface area contributed by atoms with Crippen LogP contribution in [-0.4, -0.2) is 24.4 Å². The first kappa shape index (κ1) is 10.9. The van der Waals surface area contributed by atoms with Crippen molar-refractivity contribution in [2.75, 3.05) is 13.2 Å². The van der Waals surface area contributed by atoms with Gasteiger partial charge in [-0.15, -0.1) is 0 Å². The van der Waals surface area contributed by atoms with Crippen LogP contribution >= 0.6 is 0 Å². The molecule has 0 aromatic carbocycles. The van der Waals surface area contributed by atoms with Gasteiger partial charge >= 0.3 is 0 Å². The lowest BCUT2D eigenvalue weighted by Gasteiger charge is -2.03. The Bertz CT molecular complexity index is 72.0. The minimum Gasteiger partial charge on any atom is -0.393 e. The monoisotopic (exact) mass is 160 g/mol. The Hall–Kier alpha value is -0.0800. The van der Waals surface area contributed by atoms with Crippen molar-refractivity contribution in [2.24, 2.45) is 0 Å². The molecule has 0 bridgehead atoms. The molecule has 0 spiro atoms. The van der Waals surface area contributed by atoms with Crippen molar-refractivity contribution in [1.82, 2.24) is 0 Å². The van der Waals surface area contributed by atoms with Crippen LogP contribution in [0.2, 0.25) is 0 Å². The molecule has 2 heteroatoms. The molecular weight excluding hydrogens is 140 g/mol. The van der Waals surface area contributed by atoms with E-state index in [1.165, 1.54) is 6.42 Å². The Morgan fingerprint density at radius 2 is 2.00 bits per heavy atom. The zero-order valence-electron chi connectivity index (χ0n) is 7.68. The number of aliphatic hydroxyl groups excluding tert-OH is 1. The average Bonchev–Trinajstić information content (AvgIpc) is 1.96. The Balaban J connectivity index is 2.80. The molecule has 0 fully saturated rings. The minimum absolute atomic E-state index is 0.137. The van der Waals surface area contributed by atoms with E-state index in [1.54, 1.807) is 0 Å². The topological polar surface area (TPSA) is 29.5 Å². The molecule has 0 saturated carbocycles. The summed E-state index contributed by atoms with van der Waals surface area (Å²) in [5.41, 5.74) is 0. The zero-order chi connectivity index (χ0) is 8.53. The number of rotatable bonds is 7. The summed E-state index contributed by atoms with van der Waals surface area (Å²) in [6.45, 7) is 5.53. The Kier molecular flexibility index (Phi) is 7.96. The maximum Gasteiger partial charge on any atom is 0.0512 e. The smallest absolute Gasteiger partial charge is 0.0512 e. The maximum atomic E-state index is 8.92. The summed E-state index contributed by atoms with van der Waals surface area (Å²) >= 11 is 0. The van der Waals surface area contributed by atoms with Crippen molar-refractivity contribution < 1.29 is 9.84 Å². The van der Waals surface area contributed by atoms with E-state index in [0.29, 0.717) is 0 Å². The summed E-state index contributed by atoms with van der Waals surface area (Å²) < 4.78 is 5.18. The number of ether oxygens (including phenoxy) is 1. The first-order chi connectivity index (χ1) is 5.27. The van der Waals surface area contributed by atoms with Gasteiger partial charge < -0.3 is 9.84 Å². The van der Waals surface area contributed by atoms with Crippen LogP contribution in [0.1, 0.15) is 39.5 Å². The molecule has 2 nitrogen and oxygen atoms in total. The third-order valence-electron chi connectivity index (χ3n) is 1.61. The zero-order valence-corrected chi connectivity index (χ0v) is 7.68. The van der Waals surface area contributed by atoms with Gasteiger partial charge in [0.05, 0.1) is 6.10 Å². The second-order valence-corrected chi connectivity index (χ2v) is 2.90. The fourth-order valence-corrected chi connectivity index (χ4v) is 0.965. The predicted molar refractivity (Wildman–Crippen MR) is 46.6 cm³/mol. The van der Waals surface area contributed by atoms with Crippen LogP contribution in [-0.2, 0) is 4.74 Å². The summed E-state index contributed by atoms with van der Waals surface area (Å²) in [7, 11) is 0. The van der Waals surface area contributed by atoms with Crippen LogP contribution in [0.5, 0.6) is 0 Å². The Morgan fingerprint density at radius 3 is 2.55 bits per heavy atom. The lowest BCUT2D eigenvalue weighted by molar-refractivity contribution is 0.139. The third-order valence-corrected chi connectivity index (χ3v) is 1.61. The van der Waals surface area contributed by atoms with Crippen molar-refractivity contribution in [1.29, 1.82) is 0 Å². The molecule has 0 heterocycles. The second-order valence-electron chi connectivity index (χ2n) is 2.90. The van der Waals surface area contributed by atoms with Crippen LogP contribution in [0.25, 0.3) is 0 Å². The van der Waals surface area contributed by atoms with E-state index in [2.05, 4.69) is 0 Å². The second kappa shape index (κ2) is 8.02. The molecule has 1 atom stereocenters. The molecule has 0 aliphatic heterocycles. The first-order valence-corrected chi connectivity index (χ1v) is 4.53. The van der Waals surface area contributed by atoms with E-state index in [-0.39, 0.29) is 6.10 Å².